The van der Waals surface area contributed by atoms with E-state index in [0.717, 1.165) is 22.0 Å². The Labute approximate surface area is 137 Å². The standard InChI is InChI=1S/C15H18FN5OS/c1-2-12-19-20-13(23-12)8-17-15(22)11-7-18-21-14(11)9-4-3-5-10(16)6-9/h3-6,11,14,18,21H,2,7-8H2,1H3,(H,17,22). The molecule has 1 aromatic carbocycles. The average Bonchev–Trinajstić information content (AvgIpc) is 3.21. The van der Waals surface area contributed by atoms with Gasteiger partial charge in [0.15, 0.2) is 0 Å². The Morgan fingerprint density at radius 1 is 1.43 bits per heavy atom. The third-order valence-electron chi connectivity index (χ3n) is 3.75. The Morgan fingerprint density at radius 3 is 3.00 bits per heavy atom. The summed E-state index contributed by atoms with van der Waals surface area (Å²) in [6.07, 6.45) is 0.837. The predicted octanol–water partition coefficient (Wildman–Crippen LogP) is 1.32. The van der Waals surface area contributed by atoms with Crippen molar-refractivity contribution in [2.45, 2.75) is 25.9 Å². The Balaban J connectivity index is 1.63. The highest BCUT2D eigenvalue weighted by Crippen LogP contribution is 2.25. The van der Waals surface area contributed by atoms with Gasteiger partial charge in [-0.25, -0.2) is 9.82 Å². The van der Waals surface area contributed by atoms with E-state index in [1.165, 1.54) is 23.5 Å². The average molecular weight is 335 g/mol. The van der Waals surface area contributed by atoms with Gasteiger partial charge in [-0.05, 0) is 24.1 Å². The summed E-state index contributed by atoms with van der Waals surface area (Å²) < 4.78 is 13.4. The first kappa shape index (κ1) is 16.0. The highest BCUT2D eigenvalue weighted by Gasteiger charge is 2.34. The fourth-order valence-electron chi connectivity index (χ4n) is 2.55. The number of aryl methyl sites for hydroxylation is 1. The smallest absolute Gasteiger partial charge is 0.226 e. The lowest BCUT2D eigenvalue weighted by Gasteiger charge is -2.18. The third kappa shape index (κ3) is 3.72. The zero-order valence-corrected chi connectivity index (χ0v) is 13.5. The molecule has 0 saturated carbocycles. The SMILES string of the molecule is CCc1nnc(CNC(=O)C2CNNC2c2cccc(F)c2)s1. The number of rotatable bonds is 5. The Bertz CT molecular complexity index is 692. The van der Waals surface area contributed by atoms with Crippen molar-refractivity contribution >= 4 is 17.2 Å². The van der Waals surface area contributed by atoms with Crippen LogP contribution in [0.2, 0.25) is 0 Å². The molecule has 2 atom stereocenters. The van der Waals surface area contributed by atoms with Crippen LogP contribution in [0.1, 0.15) is 28.5 Å². The summed E-state index contributed by atoms with van der Waals surface area (Å²) in [5.74, 6) is -0.711. The molecule has 122 valence electrons. The van der Waals surface area contributed by atoms with E-state index in [9.17, 15) is 9.18 Å². The van der Waals surface area contributed by atoms with E-state index in [4.69, 9.17) is 0 Å². The first-order chi connectivity index (χ1) is 11.2. The van der Waals surface area contributed by atoms with Crippen LogP contribution >= 0.6 is 11.3 Å². The zero-order chi connectivity index (χ0) is 16.2. The molecule has 1 aromatic heterocycles. The number of halogens is 1. The fraction of sp³-hybridized carbons (Fsp3) is 0.400. The van der Waals surface area contributed by atoms with Crippen molar-refractivity contribution in [3.8, 4) is 0 Å². The number of hydrazine groups is 1. The lowest BCUT2D eigenvalue weighted by molar-refractivity contribution is -0.125. The normalized spacial score (nSPS) is 20.6. The summed E-state index contributed by atoms with van der Waals surface area (Å²) in [4.78, 5) is 12.4. The number of hydrogen-bond acceptors (Lipinski definition) is 6. The third-order valence-corrected chi connectivity index (χ3v) is 4.82. The van der Waals surface area contributed by atoms with Gasteiger partial charge in [0.25, 0.3) is 0 Å². The summed E-state index contributed by atoms with van der Waals surface area (Å²) in [6, 6.07) is 6.04. The fourth-order valence-corrected chi connectivity index (χ4v) is 3.28. The first-order valence-electron chi connectivity index (χ1n) is 7.50. The Hall–Kier alpha value is -1.90. The molecule has 0 bridgehead atoms. The van der Waals surface area contributed by atoms with Crippen molar-refractivity contribution in [2.75, 3.05) is 6.54 Å². The molecule has 2 aromatic rings. The lowest BCUT2D eigenvalue weighted by Crippen LogP contribution is -2.34. The van der Waals surface area contributed by atoms with Crippen molar-refractivity contribution in [1.82, 2.24) is 26.4 Å². The summed E-state index contributed by atoms with van der Waals surface area (Å²) in [5, 5.41) is 12.7. The number of hydrogen-bond donors (Lipinski definition) is 3. The molecule has 2 heterocycles. The molecule has 0 radical (unpaired) electrons. The van der Waals surface area contributed by atoms with Crippen LogP contribution in [0.25, 0.3) is 0 Å². The van der Waals surface area contributed by atoms with E-state index in [0.29, 0.717) is 13.1 Å². The maximum Gasteiger partial charge on any atom is 0.226 e. The molecule has 23 heavy (non-hydrogen) atoms. The van der Waals surface area contributed by atoms with E-state index in [1.54, 1.807) is 6.07 Å². The second kappa shape index (κ2) is 7.12. The minimum Gasteiger partial charge on any atom is -0.349 e. The van der Waals surface area contributed by atoms with Crippen molar-refractivity contribution in [2.24, 2.45) is 5.92 Å². The van der Waals surface area contributed by atoms with Gasteiger partial charge in [-0.15, -0.1) is 10.2 Å². The van der Waals surface area contributed by atoms with E-state index in [2.05, 4.69) is 26.4 Å². The molecule has 1 amide bonds. The number of nitrogens with zero attached hydrogens (tertiary/aromatic N) is 2. The van der Waals surface area contributed by atoms with Crippen LogP contribution in [0.3, 0.4) is 0 Å². The second-order valence-corrected chi connectivity index (χ2v) is 6.47. The van der Waals surface area contributed by atoms with Gasteiger partial charge in [0.05, 0.1) is 18.5 Å². The molecule has 2 unspecified atom stereocenters. The predicted molar refractivity (Wildman–Crippen MR) is 84.9 cm³/mol. The second-order valence-electron chi connectivity index (χ2n) is 5.33. The molecule has 1 aliphatic rings. The van der Waals surface area contributed by atoms with Gasteiger partial charge in [-0.2, -0.15) is 0 Å². The molecule has 1 aliphatic heterocycles. The quantitative estimate of drug-likeness (QED) is 0.768. The highest BCUT2D eigenvalue weighted by molar-refractivity contribution is 7.11. The largest absolute Gasteiger partial charge is 0.349 e. The van der Waals surface area contributed by atoms with Gasteiger partial charge in [-0.3, -0.25) is 10.2 Å². The maximum atomic E-state index is 13.4. The van der Waals surface area contributed by atoms with Gasteiger partial charge in [0.1, 0.15) is 15.8 Å². The molecular formula is C15H18FN5OS. The van der Waals surface area contributed by atoms with Crippen molar-refractivity contribution in [1.29, 1.82) is 0 Å². The molecule has 0 aliphatic carbocycles. The van der Waals surface area contributed by atoms with Crippen LogP contribution in [0.5, 0.6) is 0 Å². The van der Waals surface area contributed by atoms with Gasteiger partial charge in [0.2, 0.25) is 5.91 Å². The number of nitrogens with one attached hydrogen (secondary N) is 3. The van der Waals surface area contributed by atoms with Crippen LogP contribution in [0, 0.1) is 11.7 Å². The number of benzene rings is 1. The number of amides is 1. The summed E-state index contributed by atoms with van der Waals surface area (Å²) in [7, 11) is 0. The first-order valence-corrected chi connectivity index (χ1v) is 8.32. The van der Waals surface area contributed by atoms with Gasteiger partial charge in [-0.1, -0.05) is 30.4 Å². The molecule has 0 spiro atoms. The van der Waals surface area contributed by atoms with E-state index in [1.807, 2.05) is 13.0 Å². The van der Waals surface area contributed by atoms with Crippen molar-refractivity contribution in [3.63, 3.8) is 0 Å². The molecule has 1 fully saturated rings. The van der Waals surface area contributed by atoms with Crippen LogP contribution in [0.15, 0.2) is 24.3 Å². The Kier molecular flexibility index (Phi) is 4.94. The van der Waals surface area contributed by atoms with Crippen molar-refractivity contribution < 1.29 is 9.18 Å². The molecule has 8 heteroatoms. The minimum absolute atomic E-state index is 0.0926. The van der Waals surface area contributed by atoms with Crippen LogP contribution in [-0.2, 0) is 17.8 Å². The van der Waals surface area contributed by atoms with E-state index in [-0.39, 0.29) is 23.7 Å². The zero-order valence-electron chi connectivity index (χ0n) is 12.7. The van der Waals surface area contributed by atoms with Gasteiger partial charge < -0.3 is 5.32 Å². The van der Waals surface area contributed by atoms with Gasteiger partial charge in [0, 0.05) is 6.54 Å². The lowest BCUT2D eigenvalue weighted by atomic mass is 9.94. The highest BCUT2D eigenvalue weighted by atomic mass is 32.1. The molecule has 1 saturated heterocycles. The molecular weight excluding hydrogens is 317 g/mol. The summed E-state index contributed by atoms with van der Waals surface area (Å²) >= 11 is 1.50. The summed E-state index contributed by atoms with van der Waals surface area (Å²) in [6.45, 7) is 2.87. The summed E-state index contributed by atoms with van der Waals surface area (Å²) in [5.41, 5.74) is 6.76. The minimum atomic E-state index is -0.310. The van der Waals surface area contributed by atoms with E-state index < -0.39 is 0 Å². The number of carbonyl (C=O) groups excluding carboxylic acids is 1. The van der Waals surface area contributed by atoms with Crippen LogP contribution in [-0.4, -0.2) is 22.6 Å². The number of carbonyl (C=O) groups is 1. The Morgan fingerprint density at radius 2 is 2.26 bits per heavy atom. The monoisotopic (exact) mass is 335 g/mol. The molecule has 3 N–H and O–H groups in total. The molecule has 3 rings (SSSR count). The van der Waals surface area contributed by atoms with Crippen molar-refractivity contribution in [3.05, 3.63) is 45.7 Å². The van der Waals surface area contributed by atoms with Crippen LogP contribution < -0.4 is 16.2 Å². The van der Waals surface area contributed by atoms with Crippen LogP contribution in [0.4, 0.5) is 4.39 Å². The van der Waals surface area contributed by atoms with E-state index >= 15 is 0 Å². The topological polar surface area (TPSA) is 78.9 Å². The molecule has 6 nitrogen and oxygen atoms in total. The van der Waals surface area contributed by atoms with Gasteiger partial charge >= 0.3 is 0 Å². The maximum absolute atomic E-state index is 13.4. The number of aromatic nitrogens is 2.